The van der Waals surface area contributed by atoms with Crippen molar-refractivity contribution >= 4 is 0 Å². The van der Waals surface area contributed by atoms with Crippen molar-refractivity contribution < 1.29 is 0 Å². The van der Waals surface area contributed by atoms with Crippen molar-refractivity contribution in [1.82, 2.24) is 0 Å². The standard InChI is InChI=1S/C13H26/c1-9(2)12(7)8-13(10(3)4)11(5)6/h8-11,13H,1-7H3/b12-8+. The van der Waals surface area contributed by atoms with Crippen molar-refractivity contribution in [2.45, 2.75) is 48.5 Å². The summed E-state index contributed by atoms with van der Waals surface area (Å²) in [5.41, 5.74) is 1.53. The highest BCUT2D eigenvalue weighted by molar-refractivity contribution is 5.04. The van der Waals surface area contributed by atoms with Gasteiger partial charge >= 0.3 is 0 Å². The van der Waals surface area contributed by atoms with E-state index in [1.807, 2.05) is 0 Å². The summed E-state index contributed by atoms with van der Waals surface area (Å²) in [7, 11) is 0. The summed E-state index contributed by atoms with van der Waals surface area (Å²) in [6, 6.07) is 0. The Kier molecular flexibility index (Phi) is 5.36. The summed E-state index contributed by atoms with van der Waals surface area (Å²) in [6.45, 7) is 16.0. The second-order valence-corrected chi connectivity index (χ2v) is 5.13. The Hall–Kier alpha value is -0.260. The van der Waals surface area contributed by atoms with Gasteiger partial charge in [0.15, 0.2) is 0 Å². The average Bonchev–Trinajstić information content (AvgIpc) is 1.97. The SMILES string of the molecule is C/C(=C\C(C(C)C)C(C)C)C(C)C. The van der Waals surface area contributed by atoms with Crippen LogP contribution in [-0.4, -0.2) is 0 Å². The van der Waals surface area contributed by atoms with E-state index in [-0.39, 0.29) is 0 Å². The van der Waals surface area contributed by atoms with Crippen LogP contribution in [0.25, 0.3) is 0 Å². The van der Waals surface area contributed by atoms with Crippen molar-refractivity contribution in [1.29, 1.82) is 0 Å². The van der Waals surface area contributed by atoms with Crippen LogP contribution in [0, 0.1) is 23.7 Å². The van der Waals surface area contributed by atoms with Gasteiger partial charge in [-0.3, -0.25) is 0 Å². The van der Waals surface area contributed by atoms with Crippen LogP contribution in [0.5, 0.6) is 0 Å². The first kappa shape index (κ1) is 12.7. The largest absolute Gasteiger partial charge is 0.0817 e. The highest BCUT2D eigenvalue weighted by Gasteiger charge is 2.15. The summed E-state index contributed by atoms with van der Waals surface area (Å²) in [5, 5.41) is 0. The van der Waals surface area contributed by atoms with E-state index < -0.39 is 0 Å². The molecule has 78 valence electrons. The van der Waals surface area contributed by atoms with E-state index in [0.29, 0.717) is 5.92 Å². The third kappa shape index (κ3) is 4.50. The van der Waals surface area contributed by atoms with E-state index in [0.717, 1.165) is 17.8 Å². The molecule has 0 spiro atoms. The Bertz CT molecular complexity index is 153. The molecule has 0 nitrogen and oxygen atoms in total. The molecule has 0 radical (unpaired) electrons. The quantitative estimate of drug-likeness (QED) is 0.561. The first-order valence-electron chi connectivity index (χ1n) is 5.54. The Morgan fingerprint density at radius 2 is 1.23 bits per heavy atom. The summed E-state index contributed by atoms with van der Waals surface area (Å²) in [5.74, 6) is 2.95. The molecule has 0 bridgehead atoms. The first-order chi connectivity index (χ1) is 5.86. The topological polar surface area (TPSA) is 0 Å². The summed E-state index contributed by atoms with van der Waals surface area (Å²) in [4.78, 5) is 0. The lowest BCUT2D eigenvalue weighted by molar-refractivity contribution is 0.352. The van der Waals surface area contributed by atoms with Gasteiger partial charge in [-0.1, -0.05) is 53.2 Å². The molecule has 0 aliphatic rings. The molecule has 0 rings (SSSR count). The van der Waals surface area contributed by atoms with Crippen LogP contribution in [-0.2, 0) is 0 Å². The zero-order chi connectivity index (χ0) is 10.6. The molecule has 0 saturated heterocycles. The van der Waals surface area contributed by atoms with Gasteiger partial charge in [-0.25, -0.2) is 0 Å². The van der Waals surface area contributed by atoms with Crippen LogP contribution in [0.15, 0.2) is 11.6 Å². The van der Waals surface area contributed by atoms with E-state index in [4.69, 9.17) is 0 Å². The van der Waals surface area contributed by atoms with Crippen LogP contribution in [0.3, 0.4) is 0 Å². The fourth-order valence-corrected chi connectivity index (χ4v) is 1.65. The van der Waals surface area contributed by atoms with E-state index in [1.165, 1.54) is 5.57 Å². The molecular formula is C13H26. The molecule has 0 unspecified atom stereocenters. The van der Waals surface area contributed by atoms with Crippen molar-refractivity contribution in [2.75, 3.05) is 0 Å². The van der Waals surface area contributed by atoms with Gasteiger partial charge in [-0.15, -0.1) is 0 Å². The van der Waals surface area contributed by atoms with Crippen LogP contribution >= 0.6 is 0 Å². The summed E-state index contributed by atoms with van der Waals surface area (Å²) >= 11 is 0. The molecule has 0 aromatic heterocycles. The van der Waals surface area contributed by atoms with Gasteiger partial charge in [0, 0.05) is 0 Å². The molecule has 0 heteroatoms. The van der Waals surface area contributed by atoms with Gasteiger partial charge in [-0.05, 0) is 30.6 Å². The molecule has 0 saturated carbocycles. The zero-order valence-electron chi connectivity index (χ0n) is 10.4. The smallest absolute Gasteiger partial charge is 0.0185 e. The minimum atomic E-state index is 0.694. The van der Waals surface area contributed by atoms with Crippen molar-refractivity contribution in [2.24, 2.45) is 23.7 Å². The van der Waals surface area contributed by atoms with Gasteiger partial charge in [0.2, 0.25) is 0 Å². The Morgan fingerprint density at radius 3 is 1.46 bits per heavy atom. The lowest BCUT2D eigenvalue weighted by atomic mass is 9.83. The first-order valence-corrected chi connectivity index (χ1v) is 5.54. The fraction of sp³-hybridized carbons (Fsp3) is 0.846. The third-order valence-corrected chi connectivity index (χ3v) is 2.91. The van der Waals surface area contributed by atoms with Gasteiger partial charge in [0.25, 0.3) is 0 Å². The van der Waals surface area contributed by atoms with Crippen LogP contribution in [0.1, 0.15) is 48.5 Å². The van der Waals surface area contributed by atoms with E-state index in [1.54, 1.807) is 0 Å². The predicted molar refractivity (Wildman–Crippen MR) is 61.8 cm³/mol. The predicted octanol–water partition coefficient (Wildman–Crippen LogP) is 4.52. The van der Waals surface area contributed by atoms with E-state index in [9.17, 15) is 0 Å². The van der Waals surface area contributed by atoms with Crippen LogP contribution in [0.2, 0.25) is 0 Å². The number of hydrogen-bond acceptors (Lipinski definition) is 0. The van der Waals surface area contributed by atoms with Crippen LogP contribution < -0.4 is 0 Å². The molecular weight excluding hydrogens is 156 g/mol. The van der Waals surface area contributed by atoms with Crippen molar-refractivity contribution in [3.8, 4) is 0 Å². The minimum Gasteiger partial charge on any atom is -0.0817 e. The van der Waals surface area contributed by atoms with Gasteiger partial charge < -0.3 is 0 Å². The maximum absolute atomic E-state index is 2.47. The Labute approximate surface area is 84.4 Å². The lowest BCUT2D eigenvalue weighted by Gasteiger charge is -2.23. The van der Waals surface area contributed by atoms with Crippen LogP contribution in [0.4, 0.5) is 0 Å². The monoisotopic (exact) mass is 182 g/mol. The highest BCUT2D eigenvalue weighted by atomic mass is 14.2. The van der Waals surface area contributed by atoms with E-state index in [2.05, 4.69) is 54.5 Å². The molecule has 0 aromatic carbocycles. The molecule has 0 amide bonds. The number of hydrogen-bond donors (Lipinski definition) is 0. The van der Waals surface area contributed by atoms with Crippen molar-refractivity contribution in [3.05, 3.63) is 11.6 Å². The molecule has 0 N–H and O–H groups in total. The molecule has 0 atom stereocenters. The average molecular weight is 182 g/mol. The molecule has 0 aromatic rings. The zero-order valence-corrected chi connectivity index (χ0v) is 10.4. The second-order valence-electron chi connectivity index (χ2n) is 5.13. The molecule has 0 heterocycles. The summed E-state index contributed by atoms with van der Waals surface area (Å²) < 4.78 is 0. The normalized spacial score (nSPS) is 13.9. The highest BCUT2D eigenvalue weighted by Crippen LogP contribution is 2.24. The molecule has 13 heavy (non-hydrogen) atoms. The lowest BCUT2D eigenvalue weighted by Crippen LogP contribution is -2.14. The molecule has 0 fully saturated rings. The molecule has 0 aliphatic carbocycles. The van der Waals surface area contributed by atoms with Gasteiger partial charge in [-0.2, -0.15) is 0 Å². The van der Waals surface area contributed by atoms with Gasteiger partial charge in [0.1, 0.15) is 0 Å². The van der Waals surface area contributed by atoms with Crippen molar-refractivity contribution in [3.63, 3.8) is 0 Å². The fourth-order valence-electron chi connectivity index (χ4n) is 1.65. The Balaban J connectivity index is 4.50. The van der Waals surface area contributed by atoms with E-state index >= 15 is 0 Å². The van der Waals surface area contributed by atoms with Gasteiger partial charge in [0.05, 0.1) is 0 Å². The molecule has 0 aliphatic heterocycles. The maximum Gasteiger partial charge on any atom is -0.0185 e. The second kappa shape index (κ2) is 5.47. The third-order valence-electron chi connectivity index (χ3n) is 2.91. The minimum absolute atomic E-state index is 0.694. The Morgan fingerprint density at radius 1 is 0.846 bits per heavy atom. The number of allylic oxidation sites excluding steroid dienone is 2. The summed E-state index contributed by atoms with van der Waals surface area (Å²) in [6.07, 6.45) is 2.47. The maximum atomic E-state index is 2.47. The number of rotatable bonds is 4.